The molecule has 4 nitrogen and oxygen atoms in total. The molecule has 0 radical (unpaired) electrons. The van der Waals surface area contributed by atoms with E-state index in [-0.39, 0.29) is 0 Å². The van der Waals surface area contributed by atoms with Crippen molar-refractivity contribution >= 4 is 15.7 Å². The van der Waals surface area contributed by atoms with Gasteiger partial charge >= 0.3 is 0 Å². The molecule has 0 aliphatic heterocycles. The molecule has 22 heavy (non-hydrogen) atoms. The molecule has 0 aliphatic rings. The predicted octanol–water partition coefficient (Wildman–Crippen LogP) is 2.95. The highest BCUT2D eigenvalue weighted by molar-refractivity contribution is 7.88. The van der Waals surface area contributed by atoms with Crippen molar-refractivity contribution in [2.45, 2.75) is 19.4 Å². The predicted molar refractivity (Wildman–Crippen MR) is 91.5 cm³/mol. The van der Waals surface area contributed by atoms with Gasteiger partial charge in [-0.1, -0.05) is 49.4 Å². The van der Waals surface area contributed by atoms with E-state index < -0.39 is 10.0 Å². The molecule has 2 aromatic rings. The lowest BCUT2D eigenvalue weighted by molar-refractivity contribution is 0.587. The van der Waals surface area contributed by atoms with Crippen LogP contribution < -0.4 is 10.0 Å². The lowest BCUT2D eigenvalue weighted by atomic mass is 10.0. The Balaban J connectivity index is 1.86. The van der Waals surface area contributed by atoms with Gasteiger partial charge in [-0.25, -0.2) is 13.1 Å². The molecule has 0 bridgehead atoms. The minimum atomic E-state index is -3.15. The van der Waals surface area contributed by atoms with Gasteiger partial charge in [-0.2, -0.15) is 0 Å². The fraction of sp³-hybridized carbons (Fsp3) is 0.294. The molecule has 0 saturated heterocycles. The number of hydrogen-bond acceptors (Lipinski definition) is 3. The van der Waals surface area contributed by atoms with Gasteiger partial charge in [-0.3, -0.25) is 0 Å². The third-order valence-electron chi connectivity index (χ3n) is 3.47. The van der Waals surface area contributed by atoms with E-state index in [1.807, 2.05) is 30.3 Å². The summed E-state index contributed by atoms with van der Waals surface area (Å²) in [5, 5.41) is 3.40. The van der Waals surface area contributed by atoms with E-state index in [2.05, 4.69) is 41.2 Å². The first-order valence-corrected chi connectivity index (χ1v) is 9.15. The summed E-state index contributed by atoms with van der Waals surface area (Å²) >= 11 is 0. The van der Waals surface area contributed by atoms with Crippen molar-refractivity contribution in [2.24, 2.45) is 0 Å². The monoisotopic (exact) mass is 318 g/mol. The van der Waals surface area contributed by atoms with Gasteiger partial charge in [0.05, 0.1) is 6.26 Å². The van der Waals surface area contributed by atoms with Gasteiger partial charge in [0.15, 0.2) is 0 Å². The molecule has 0 unspecified atom stereocenters. The molecule has 0 aliphatic carbocycles. The standard InChI is InChI=1S/C17H22N2O2S/c1-14(16-6-4-3-5-7-16)12-18-17-10-8-15(9-11-17)13-19-22(2,20)21/h3-11,14,18-19H,12-13H2,1-2H3/t14-/m0/s1. The number of rotatable bonds is 7. The molecule has 5 heteroatoms. The van der Waals surface area contributed by atoms with Gasteiger partial charge in [0.25, 0.3) is 0 Å². The topological polar surface area (TPSA) is 58.2 Å². The average molecular weight is 318 g/mol. The van der Waals surface area contributed by atoms with E-state index in [0.29, 0.717) is 12.5 Å². The summed E-state index contributed by atoms with van der Waals surface area (Å²) in [5.74, 6) is 0.424. The molecule has 0 aromatic heterocycles. The molecule has 2 N–H and O–H groups in total. The van der Waals surface area contributed by atoms with Crippen LogP contribution in [-0.4, -0.2) is 21.2 Å². The molecule has 0 saturated carbocycles. The molecular weight excluding hydrogens is 296 g/mol. The highest BCUT2D eigenvalue weighted by atomic mass is 32.2. The Labute approximate surface area is 132 Å². The second-order valence-electron chi connectivity index (χ2n) is 5.48. The summed E-state index contributed by atoms with van der Waals surface area (Å²) in [6, 6.07) is 18.2. The summed E-state index contributed by atoms with van der Waals surface area (Å²) in [4.78, 5) is 0. The van der Waals surface area contributed by atoms with E-state index in [9.17, 15) is 8.42 Å². The van der Waals surface area contributed by atoms with Crippen molar-refractivity contribution in [3.8, 4) is 0 Å². The maximum absolute atomic E-state index is 11.1. The van der Waals surface area contributed by atoms with E-state index >= 15 is 0 Å². The van der Waals surface area contributed by atoms with Crippen molar-refractivity contribution in [1.82, 2.24) is 4.72 Å². The lowest BCUT2D eigenvalue weighted by Crippen LogP contribution is -2.21. The van der Waals surface area contributed by atoms with Gasteiger partial charge in [0.2, 0.25) is 10.0 Å². The Kier molecular flexibility index (Phi) is 5.57. The smallest absolute Gasteiger partial charge is 0.209 e. The maximum Gasteiger partial charge on any atom is 0.209 e. The summed E-state index contributed by atoms with van der Waals surface area (Å²) < 4.78 is 24.6. The van der Waals surface area contributed by atoms with Crippen LogP contribution >= 0.6 is 0 Å². The normalized spacial score (nSPS) is 12.8. The number of benzene rings is 2. The van der Waals surface area contributed by atoms with E-state index in [0.717, 1.165) is 24.1 Å². The molecule has 0 heterocycles. The minimum absolute atomic E-state index is 0.319. The Bertz CT molecular complexity index is 682. The highest BCUT2D eigenvalue weighted by Crippen LogP contribution is 2.16. The number of sulfonamides is 1. The van der Waals surface area contributed by atoms with Crippen molar-refractivity contribution in [3.63, 3.8) is 0 Å². The first-order valence-electron chi connectivity index (χ1n) is 7.26. The SMILES string of the molecule is C[C@@H](CNc1ccc(CNS(C)(=O)=O)cc1)c1ccccc1. The minimum Gasteiger partial charge on any atom is -0.384 e. The Hall–Kier alpha value is -1.85. The fourth-order valence-corrected chi connectivity index (χ4v) is 2.55. The Morgan fingerprint density at radius 1 is 1.00 bits per heavy atom. The first kappa shape index (κ1) is 16.5. The van der Waals surface area contributed by atoms with Crippen LogP contribution in [-0.2, 0) is 16.6 Å². The molecule has 0 spiro atoms. The summed E-state index contributed by atoms with van der Waals surface area (Å²) in [6.45, 7) is 3.36. The molecule has 2 rings (SSSR count). The van der Waals surface area contributed by atoms with Gasteiger partial charge in [0.1, 0.15) is 0 Å². The van der Waals surface area contributed by atoms with Crippen molar-refractivity contribution < 1.29 is 8.42 Å². The van der Waals surface area contributed by atoms with E-state index in [1.54, 1.807) is 0 Å². The van der Waals surface area contributed by atoms with E-state index in [1.165, 1.54) is 5.56 Å². The third-order valence-corrected chi connectivity index (χ3v) is 4.14. The van der Waals surface area contributed by atoms with Crippen LogP contribution in [0.25, 0.3) is 0 Å². The molecule has 118 valence electrons. The van der Waals surface area contributed by atoms with Crippen molar-refractivity contribution in [2.75, 3.05) is 18.1 Å². The Morgan fingerprint density at radius 2 is 1.64 bits per heavy atom. The van der Waals surface area contributed by atoms with Gasteiger partial charge in [0, 0.05) is 18.8 Å². The van der Waals surface area contributed by atoms with Gasteiger partial charge in [-0.15, -0.1) is 0 Å². The summed E-state index contributed by atoms with van der Waals surface area (Å²) in [7, 11) is -3.15. The van der Waals surface area contributed by atoms with Crippen LogP contribution in [0, 0.1) is 0 Å². The molecule has 2 aromatic carbocycles. The largest absolute Gasteiger partial charge is 0.384 e. The molecule has 0 amide bonds. The van der Waals surface area contributed by atoms with Crippen LogP contribution in [0.5, 0.6) is 0 Å². The zero-order valence-corrected chi connectivity index (χ0v) is 13.7. The van der Waals surface area contributed by atoms with Crippen LogP contribution in [0.1, 0.15) is 24.0 Å². The van der Waals surface area contributed by atoms with Crippen LogP contribution in [0.2, 0.25) is 0 Å². The number of nitrogens with one attached hydrogen (secondary N) is 2. The summed E-state index contributed by atoms with van der Waals surface area (Å²) in [6.07, 6.45) is 1.16. The maximum atomic E-state index is 11.1. The lowest BCUT2D eigenvalue weighted by Gasteiger charge is -2.14. The van der Waals surface area contributed by atoms with E-state index in [4.69, 9.17) is 0 Å². The second-order valence-corrected chi connectivity index (χ2v) is 7.32. The summed E-state index contributed by atoms with van der Waals surface area (Å²) in [5.41, 5.74) is 3.28. The number of anilines is 1. The van der Waals surface area contributed by atoms with Crippen molar-refractivity contribution in [3.05, 3.63) is 65.7 Å². The first-order chi connectivity index (χ1) is 10.4. The van der Waals surface area contributed by atoms with Crippen LogP contribution in [0.3, 0.4) is 0 Å². The van der Waals surface area contributed by atoms with Crippen molar-refractivity contribution in [1.29, 1.82) is 0 Å². The third kappa shape index (κ3) is 5.50. The molecule has 1 atom stereocenters. The molecule has 0 fully saturated rings. The zero-order valence-electron chi connectivity index (χ0n) is 12.9. The Morgan fingerprint density at radius 3 is 2.23 bits per heavy atom. The van der Waals surface area contributed by atoms with Gasteiger partial charge in [-0.05, 0) is 29.2 Å². The fourth-order valence-electron chi connectivity index (χ4n) is 2.13. The average Bonchev–Trinajstić information content (AvgIpc) is 2.52. The van der Waals surface area contributed by atoms with Crippen LogP contribution in [0.15, 0.2) is 54.6 Å². The quantitative estimate of drug-likeness (QED) is 0.825. The number of hydrogen-bond donors (Lipinski definition) is 2. The molecular formula is C17H22N2O2S. The highest BCUT2D eigenvalue weighted by Gasteiger charge is 2.05. The van der Waals surface area contributed by atoms with Crippen LogP contribution in [0.4, 0.5) is 5.69 Å². The van der Waals surface area contributed by atoms with Gasteiger partial charge < -0.3 is 5.32 Å². The zero-order chi connectivity index (χ0) is 16.0. The second kappa shape index (κ2) is 7.42.